The van der Waals surface area contributed by atoms with Gasteiger partial charge in [-0.15, -0.1) is 0 Å². The average Bonchev–Trinajstić information content (AvgIpc) is 2.36. The predicted octanol–water partition coefficient (Wildman–Crippen LogP) is 2.01. The van der Waals surface area contributed by atoms with E-state index >= 15 is 0 Å². The second-order valence-electron chi connectivity index (χ2n) is 3.45. The van der Waals surface area contributed by atoms with Crippen molar-refractivity contribution in [1.29, 1.82) is 5.26 Å². The number of hydrogen-bond acceptors (Lipinski definition) is 2. The molecule has 0 bridgehead atoms. The molecule has 1 aromatic rings. The highest BCUT2D eigenvalue weighted by Crippen LogP contribution is 2.16. The Morgan fingerprint density at radius 3 is 2.94 bits per heavy atom. The summed E-state index contributed by atoms with van der Waals surface area (Å²) < 4.78 is 0. The summed E-state index contributed by atoms with van der Waals surface area (Å²) in [6, 6.07) is 9.04. The van der Waals surface area contributed by atoms with Gasteiger partial charge in [-0.3, -0.25) is 4.79 Å². The van der Waals surface area contributed by atoms with Gasteiger partial charge in [0.2, 0.25) is 5.91 Å². The minimum absolute atomic E-state index is 0.142. The molecule has 0 saturated heterocycles. The Hall–Kier alpha value is -2.12. The van der Waals surface area contributed by atoms with E-state index in [-0.39, 0.29) is 18.9 Å². The molecule has 1 aromatic carbocycles. The van der Waals surface area contributed by atoms with Gasteiger partial charge >= 0.3 is 0 Å². The molecule has 0 spiro atoms. The third kappa shape index (κ3) is 3.74. The van der Waals surface area contributed by atoms with E-state index in [4.69, 9.17) is 5.26 Å². The molecule has 4 nitrogen and oxygen atoms in total. The maximum Gasteiger partial charge on any atom is 0.240 e. The summed E-state index contributed by atoms with van der Waals surface area (Å²) in [5.74, 6) is -0.252. The van der Waals surface area contributed by atoms with E-state index < -0.39 is 0 Å². The number of rotatable bonds is 4. The molecule has 1 amide bonds. The van der Waals surface area contributed by atoms with Gasteiger partial charge in [0, 0.05) is 12.7 Å². The minimum Gasteiger partial charge on any atom is -0.315 e. The summed E-state index contributed by atoms with van der Waals surface area (Å²) in [6.45, 7) is -0.270. The maximum absolute atomic E-state index is 11.5. The molecular weight excluding hydrogens is 216 g/mol. The number of hydrogen-bond donors (Lipinski definition) is 0. The SMILES string of the molecule is CN(C(=O)CC#N)c1cccc(/C=C/C[O])c1. The topological polar surface area (TPSA) is 64.0 Å². The van der Waals surface area contributed by atoms with Gasteiger partial charge in [-0.2, -0.15) is 5.26 Å². The Labute approximate surface area is 100 Å². The van der Waals surface area contributed by atoms with Gasteiger partial charge in [0.05, 0.1) is 6.07 Å². The van der Waals surface area contributed by atoms with Crippen LogP contribution in [0.2, 0.25) is 0 Å². The van der Waals surface area contributed by atoms with Gasteiger partial charge in [-0.25, -0.2) is 5.11 Å². The van der Waals surface area contributed by atoms with Crippen LogP contribution in [0.15, 0.2) is 30.3 Å². The molecule has 4 heteroatoms. The lowest BCUT2D eigenvalue weighted by Crippen LogP contribution is -2.25. The third-order valence-electron chi connectivity index (χ3n) is 2.27. The van der Waals surface area contributed by atoms with Gasteiger partial charge in [-0.05, 0) is 17.7 Å². The number of nitriles is 1. The van der Waals surface area contributed by atoms with Crippen LogP contribution in [0.5, 0.6) is 0 Å². The predicted molar refractivity (Wildman–Crippen MR) is 64.7 cm³/mol. The van der Waals surface area contributed by atoms with Crippen LogP contribution in [-0.2, 0) is 9.90 Å². The quantitative estimate of drug-likeness (QED) is 0.792. The Morgan fingerprint density at radius 1 is 1.53 bits per heavy atom. The van der Waals surface area contributed by atoms with Crippen LogP contribution >= 0.6 is 0 Å². The molecule has 0 aliphatic carbocycles. The van der Waals surface area contributed by atoms with E-state index in [0.29, 0.717) is 5.69 Å². The zero-order chi connectivity index (χ0) is 12.7. The normalized spacial score (nSPS) is 10.2. The number of benzene rings is 1. The van der Waals surface area contributed by atoms with E-state index in [0.717, 1.165) is 5.56 Å². The monoisotopic (exact) mass is 229 g/mol. The highest BCUT2D eigenvalue weighted by Gasteiger charge is 2.09. The van der Waals surface area contributed by atoms with Gasteiger partial charge < -0.3 is 4.90 Å². The van der Waals surface area contributed by atoms with Crippen molar-refractivity contribution in [3.63, 3.8) is 0 Å². The Balaban J connectivity index is 2.88. The number of amides is 1. The van der Waals surface area contributed by atoms with Crippen LogP contribution in [0.4, 0.5) is 5.69 Å². The molecular formula is C13H13N2O2. The van der Waals surface area contributed by atoms with Crippen molar-refractivity contribution in [3.05, 3.63) is 35.9 Å². The van der Waals surface area contributed by atoms with Gasteiger partial charge in [0.15, 0.2) is 0 Å². The van der Waals surface area contributed by atoms with E-state index in [1.54, 1.807) is 31.3 Å². The Morgan fingerprint density at radius 2 is 2.29 bits per heavy atom. The summed E-state index contributed by atoms with van der Waals surface area (Å²) in [4.78, 5) is 12.9. The Kier molecular flexibility index (Phi) is 4.92. The lowest BCUT2D eigenvalue weighted by molar-refractivity contribution is -0.117. The van der Waals surface area contributed by atoms with Crippen molar-refractivity contribution in [3.8, 4) is 6.07 Å². The highest BCUT2D eigenvalue weighted by molar-refractivity contribution is 5.94. The molecule has 0 aliphatic heterocycles. The molecule has 0 unspecified atom stereocenters. The van der Waals surface area contributed by atoms with Crippen molar-refractivity contribution in [1.82, 2.24) is 0 Å². The first-order chi connectivity index (χ1) is 8.19. The van der Waals surface area contributed by atoms with Crippen molar-refractivity contribution in [2.45, 2.75) is 6.42 Å². The fourth-order valence-corrected chi connectivity index (χ4v) is 1.35. The van der Waals surface area contributed by atoms with Crippen molar-refractivity contribution in [2.75, 3.05) is 18.6 Å². The number of nitrogens with zero attached hydrogens (tertiary/aromatic N) is 2. The van der Waals surface area contributed by atoms with Crippen LogP contribution in [0.1, 0.15) is 12.0 Å². The van der Waals surface area contributed by atoms with E-state index in [1.807, 2.05) is 12.1 Å². The van der Waals surface area contributed by atoms with Crippen LogP contribution in [0, 0.1) is 11.3 Å². The highest BCUT2D eigenvalue weighted by atomic mass is 16.2. The van der Waals surface area contributed by atoms with E-state index in [9.17, 15) is 9.90 Å². The van der Waals surface area contributed by atoms with Gasteiger partial charge in [0.1, 0.15) is 13.0 Å². The maximum atomic E-state index is 11.5. The Bertz CT molecular complexity index is 461. The standard InChI is InChI=1S/C13H13N2O2/c1-15(13(17)7-8-14)12-6-2-4-11(10-12)5-3-9-16/h2-6,10H,7,9H2,1H3/b5-3+. The summed E-state index contributed by atoms with van der Waals surface area (Å²) in [7, 11) is 1.62. The summed E-state index contributed by atoms with van der Waals surface area (Å²) in [5.41, 5.74) is 1.56. The molecule has 17 heavy (non-hydrogen) atoms. The van der Waals surface area contributed by atoms with E-state index in [1.165, 1.54) is 11.0 Å². The molecule has 0 fully saturated rings. The average molecular weight is 229 g/mol. The third-order valence-corrected chi connectivity index (χ3v) is 2.27. The lowest BCUT2D eigenvalue weighted by atomic mass is 10.1. The molecule has 1 radical (unpaired) electrons. The van der Waals surface area contributed by atoms with E-state index in [2.05, 4.69) is 0 Å². The molecule has 1 rings (SSSR count). The van der Waals surface area contributed by atoms with Gasteiger partial charge in [0.25, 0.3) is 0 Å². The number of anilines is 1. The molecule has 0 saturated carbocycles. The summed E-state index contributed by atoms with van der Waals surface area (Å²) in [5, 5.41) is 18.8. The molecule has 0 heterocycles. The first kappa shape index (κ1) is 12.9. The molecule has 0 N–H and O–H groups in total. The zero-order valence-corrected chi connectivity index (χ0v) is 9.59. The zero-order valence-electron chi connectivity index (χ0n) is 9.59. The van der Waals surface area contributed by atoms with Crippen molar-refractivity contribution < 1.29 is 9.90 Å². The molecule has 87 valence electrons. The number of carbonyl (C=O) groups excluding carboxylic acids is 1. The summed E-state index contributed by atoms with van der Waals surface area (Å²) >= 11 is 0. The minimum atomic E-state index is -0.270. The van der Waals surface area contributed by atoms with Crippen molar-refractivity contribution in [2.24, 2.45) is 0 Å². The van der Waals surface area contributed by atoms with Crippen LogP contribution in [0.3, 0.4) is 0 Å². The second-order valence-corrected chi connectivity index (χ2v) is 3.45. The second kappa shape index (κ2) is 6.46. The largest absolute Gasteiger partial charge is 0.315 e. The fraction of sp³-hybridized carbons (Fsp3) is 0.231. The molecule has 0 atom stereocenters. The molecule has 0 aromatic heterocycles. The smallest absolute Gasteiger partial charge is 0.240 e. The fourth-order valence-electron chi connectivity index (χ4n) is 1.35. The molecule has 0 aliphatic rings. The van der Waals surface area contributed by atoms with Crippen molar-refractivity contribution >= 4 is 17.7 Å². The number of carbonyl (C=O) groups is 1. The summed E-state index contributed by atoms with van der Waals surface area (Å²) in [6.07, 6.45) is 3.08. The van der Waals surface area contributed by atoms with Crippen LogP contribution in [-0.4, -0.2) is 19.6 Å². The van der Waals surface area contributed by atoms with Gasteiger partial charge in [-0.1, -0.05) is 24.3 Å². The lowest BCUT2D eigenvalue weighted by Gasteiger charge is -2.16. The first-order valence-electron chi connectivity index (χ1n) is 5.17. The van der Waals surface area contributed by atoms with Crippen LogP contribution in [0.25, 0.3) is 6.08 Å². The first-order valence-corrected chi connectivity index (χ1v) is 5.17. The van der Waals surface area contributed by atoms with Crippen LogP contribution < -0.4 is 4.90 Å².